The molecule has 0 heterocycles. The molecule has 1 N–H and O–H groups in total. The number of nitrogens with one attached hydrogen (secondary N) is 1. The third kappa shape index (κ3) is 5.01. The SMILES string of the molecule is CCOc1ccc(C)cc1S(=O)(=O)NCC(OC)c1cccc(F)c1. The molecule has 0 fully saturated rings. The van der Waals surface area contributed by atoms with Crippen LogP contribution in [0.5, 0.6) is 5.75 Å². The zero-order valence-electron chi connectivity index (χ0n) is 14.5. The fourth-order valence-electron chi connectivity index (χ4n) is 2.41. The van der Waals surface area contributed by atoms with Crippen molar-refractivity contribution >= 4 is 10.0 Å². The van der Waals surface area contributed by atoms with E-state index in [4.69, 9.17) is 9.47 Å². The molecule has 0 spiro atoms. The van der Waals surface area contributed by atoms with Gasteiger partial charge in [0.15, 0.2) is 0 Å². The lowest BCUT2D eigenvalue weighted by Gasteiger charge is -2.18. The smallest absolute Gasteiger partial charge is 0.244 e. The highest BCUT2D eigenvalue weighted by Gasteiger charge is 2.22. The molecule has 0 aliphatic heterocycles. The van der Waals surface area contributed by atoms with Gasteiger partial charge in [-0.3, -0.25) is 0 Å². The lowest BCUT2D eigenvalue weighted by atomic mass is 10.1. The van der Waals surface area contributed by atoms with Crippen LogP contribution in [0.3, 0.4) is 0 Å². The number of halogens is 1. The van der Waals surface area contributed by atoms with E-state index in [2.05, 4.69) is 4.72 Å². The summed E-state index contributed by atoms with van der Waals surface area (Å²) in [6, 6.07) is 10.9. The lowest BCUT2D eigenvalue weighted by molar-refractivity contribution is 0.107. The van der Waals surface area contributed by atoms with Crippen molar-refractivity contribution in [2.75, 3.05) is 20.3 Å². The Morgan fingerprint density at radius 2 is 1.96 bits per heavy atom. The van der Waals surface area contributed by atoms with Crippen LogP contribution in [0.1, 0.15) is 24.2 Å². The van der Waals surface area contributed by atoms with E-state index in [1.807, 2.05) is 0 Å². The average Bonchev–Trinajstić information content (AvgIpc) is 2.57. The van der Waals surface area contributed by atoms with Crippen LogP contribution in [0.4, 0.5) is 4.39 Å². The first kappa shape index (κ1) is 19.4. The third-order valence-electron chi connectivity index (χ3n) is 3.65. The van der Waals surface area contributed by atoms with Crippen LogP contribution in [0.15, 0.2) is 47.4 Å². The summed E-state index contributed by atoms with van der Waals surface area (Å²) in [7, 11) is -2.36. The van der Waals surface area contributed by atoms with E-state index in [9.17, 15) is 12.8 Å². The van der Waals surface area contributed by atoms with E-state index in [-0.39, 0.29) is 11.4 Å². The summed E-state index contributed by atoms with van der Waals surface area (Å²) in [6.07, 6.45) is -0.606. The standard InChI is InChI=1S/C18H22FNO4S/c1-4-24-16-9-8-13(2)10-18(16)25(21,22)20-12-17(23-3)14-6-5-7-15(19)11-14/h5-11,17,20H,4,12H2,1-3H3. The first-order valence-corrected chi connectivity index (χ1v) is 9.37. The van der Waals surface area contributed by atoms with Crippen LogP contribution >= 0.6 is 0 Å². The highest BCUT2D eigenvalue weighted by Crippen LogP contribution is 2.26. The molecule has 0 amide bonds. The van der Waals surface area contributed by atoms with Gasteiger partial charge < -0.3 is 9.47 Å². The van der Waals surface area contributed by atoms with Crippen molar-refractivity contribution in [2.24, 2.45) is 0 Å². The molecule has 0 saturated carbocycles. The van der Waals surface area contributed by atoms with Crippen LogP contribution in [-0.4, -0.2) is 28.7 Å². The topological polar surface area (TPSA) is 64.6 Å². The highest BCUT2D eigenvalue weighted by atomic mass is 32.2. The zero-order valence-corrected chi connectivity index (χ0v) is 15.3. The van der Waals surface area contributed by atoms with Gasteiger partial charge in [-0.1, -0.05) is 18.2 Å². The van der Waals surface area contributed by atoms with E-state index in [1.165, 1.54) is 19.2 Å². The van der Waals surface area contributed by atoms with Gasteiger partial charge in [-0.25, -0.2) is 17.5 Å². The summed E-state index contributed by atoms with van der Waals surface area (Å²) in [5.74, 6) is -0.111. The van der Waals surface area contributed by atoms with Crippen LogP contribution in [0.2, 0.25) is 0 Å². The predicted molar refractivity (Wildman–Crippen MR) is 93.7 cm³/mol. The van der Waals surface area contributed by atoms with Crippen molar-refractivity contribution in [3.05, 3.63) is 59.4 Å². The van der Waals surface area contributed by atoms with Gasteiger partial charge in [0, 0.05) is 13.7 Å². The van der Waals surface area contributed by atoms with E-state index in [1.54, 1.807) is 44.2 Å². The Morgan fingerprint density at radius 1 is 1.20 bits per heavy atom. The number of hydrogen-bond acceptors (Lipinski definition) is 4. The first-order valence-electron chi connectivity index (χ1n) is 7.88. The molecule has 0 bridgehead atoms. The van der Waals surface area contributed by atoms with Crippen molar-refractivity contribution < 1.29 is 22.3 Å². The van der Waals surface area contributed by atoms with Gasteiger partial charge in [0.05, 0.1) is 12.7 Å². The fourth-order valence-corrected chi connectivity index (χ4v) is 3.67. The summed E-state index contributed by atoms with van der Waals surface area (Å²) in [6.45, 7) is 3.92. The van der Waals surface area contributed by atoms with E-state index in [0.717, 1.165) is 5.56 Å². The third-order valence-corrected chi connectivity index (χ3v) is 5.10. The number of benzene rings is 2. The second kappa shape index (κ2) is 8.42. The van der Waals surface area contributed by atoms with Gasteiger partial charge in [-0.2, -0.15) is 0 Å². The predicted octanol–water partition coefficient (Wildman–Crippen LogP) is 3.20. The Kier molecular flexibility index (Phi) is 6.52. The summed E-state index contributed by atoms with van der Waals surface area (Å²) in [5, 5.41) is 0. The van der Waals surface area contributed by atoms with Gasteiger partial charge in [0.1, 0.15) is 16.5 Å². The van der Waals surface area contributed by atoms with E-state index < -0.39 is 21.9 Å². The van der Waals surface area contributed by atoms with E-state index >= 15 is 0 Å². The van der Waals surface area contributed by atoms with Gasteiger partial charge in [0.25, 0.3) is 0 Å². The second-order valence-electron chi connectivity index (χ2n) is 5.51. The first-order chi connectivity index (χ1) is 11.9. The maximum absolute atomic E-state index is 13.4. The highest BCUT2D eigenvalue weighted by molar-refractivity contribution is 7.89. The molecule has 5 nitrogen and oxygen atoms in total. The maximum atomic E-state index is 13.4. The van der Waals surface area contributed by atoms with Crippen molar-refractivity contribution in [2.45, 2.75) is 24.8 Å². The van der Waals surface area contributed by atoms with Crippen molar-refractivity contribution in [1.29, 1.82) is 0 Å². The summed E-state index contributed by atoms with van der Waals surface area (Å²) < 4.78 is 52.0. The molecule has 2 aromatic rings. The summed E-state index contributed by atoms with van der Waals surface area (Å²) in [5.41, 5.74) is 1.36. The number of sulfonamides is 1. The van der Waals surface area contributed by atoms with Gasteiger partial charge in [0.2, 0.25) is 10.0 Å². The molecular formula is C18H22FNO4S. The Bertz CT molecular complexity index is 824. The molecule has 0 saturated heterocycles. The molecule has 7 heteroatoms. The molecule has 1 atom stereocenters. The zero-order chi connectivity index (χ0) is 18.4. The van der Waals surface area contributed by atoms with Crippen LogP contribution in [0.25, 0.3) is 0 Å². The molecule has 0 radical (unpaired) electrons. The molecule has 2 aromatic carbocycles. The molecule has 2 rings (SSSR count). The van der Waals surface area contributed by atoms with Crippen LogP contribution in [-0.2, 0) is 14.8 Å². The van der Waals surface area contributed by atoms with Gasteiger partial charge in [-0.15, -0.1) is 0 Å². The fraction of sp³-hybridized carbons (Fsp3) is 0.333. The van der Waals surface area contributed by atoms with Crippen LogP contribution in [0, 0.1) is 12.7 Å². The maximum Gasteiger partial charge on any atom is 0.244 e. The Balaban J connectivity index is 2.22. The number of aryl methyl sites for hydroxylation is 1. The Hall–Kier alpha value is -1.96. The second-order valence-corrected chi connectivity index (χ2v) is 7.25. The number of hydrogen-bond donors (Lipinski definition) is 1. The van der Waals surface area contributed by atoms with Crippen molar-refractivity contribution in [3.63, 3.8) is 0 Å². The van der Waals surface area contributed by atoms with Crippen molar-refractivity contribution in [1.82, 2.24) is 4.72 Å². The average molecular weight is 367 g/mol. The Labute approximate surface area is 147 Å². The van der Waals surface area contributed by atoms with Gasteiger partial charge >= 0.3 is 0 Å². The van der Waals surface area contributed by atoms with E-state index in [0.29, 0.717) is 17.9 Å². The monoisotopic (exact) mass is 367 g/mol. The molecule has 0 aliphatic carbocycles. The summed E-state index contributed by atoms with van der Waals surface area (Å²) >= 11 is 0. The minimum absolute atomic E-state index is 0.0260. The van der Waals surface area contributed by atoms with Gasteiger partial charge in [-0.05, 0) is 49.2 Å². The molecule has 0 aliphatic rings. The van der Waals surface area contributed by atoms with Crippen LogP contribution < -0.4 is 9.46 Å². The van der Waals surface area contributed by atoms with Crippen molar-refractivity contribution in [3.8, 4) is 5.75 Å². The number of rotatable bonds is 8. The summed E-state index contributed by atoms with van der Waals surface area (Å²) in [4.78, 5) is 0.0726. The lowest BCUT2D eigenvalue weighted by Crippen LogP contribution is -2.29. The minimum Gasteiger partial charge on any atom is -0.492 e. The Morgan fingerprint density at radius 3 is 2.60 bits per heavy atom. The molecule has 136 valence electrons. The number of ether oxygens (including phenoxy) is 2. The molecule has 1 unspecified atom stereocenters. The molecule has 0 aromatic heterocycles. The molecule has 25 heavy (non-hydrogen) atoms. The largest absolute Gasteiger partial charge is 0.492 e. The minimum atomic E-state index is -3.81. The normalized spacial score (nSPS) is 12.8. The quantitative estimate of drug-likeness (QED) is 0.778. The molecular weight excluding hydrogens is 345 g/mol. The number of methoxy groups -OCH3 is 1.